The number of aliphatic hydroxyl groups is 1. The number of hydrogen-bond donors (Lipinski definition) is 5. The van der Waals surface area contributed by atoms with E-state index in [0.29, 0.717) is 0 Å². The van der Waals surface area contributed by atoms with Crippen LogP contribution in [0.1, 0.15) is 6.42 Å². The van der Waals surface area contributed by atoms with Crippen molar-refractivity contribution in [1.82, 2.24) is 9.80 Å². The van der Waals surface area contributed by atoms with Crippen molar-refractivity contribution >= 4 is 23.8 Å². The molecule has 0 saturated carbocycles. The van der Waals surface area contributed by atoms with E-state index in [-0.39, 0.29) is 0 Å². The summed E-state index contributed by atoms with van der Waals surface area (Å²) >= 11 is 0. The van der Waals surface area contributed by atoms with Gasteiger partial charge in [-0.05, 0) is 40.3 Å². The first-order valence-electron chi connectivity index (χ1n) is 7.63. The van der Waals surface area contributed by atoms with Crippen molar-refractivity contribution < 1.29 is 34.5 Å². The molecule has 0 aliphatic heterocycles. The Balaban J connectivity index is -0.000000320. The zero-order chi connectivity index (χ0) is 22.0. The monoisotopic (exact) mass is 390 g/mol. The second kappa shape index (κ2) is 18.0. The van der Waals surface area contributed by atoms with Gasteiger partial charge in [0, 0.05) is 13.1 Å². The first-order chi connectivity index (χ1) is 12.3. The molecule has 0 saturated heterocycles. The van der Waals surface area contributed by atoms with Crippen LogP contribution in [0.3, 0.4) is 0 Å². The van der Waals surface area contributed by atoms with Gasteiger partial charge < -0.3 is 36.6 Å². The maximum absolute atomic E-state index is 10.1. The number of likely N-dealkylation sites (N-methyl/N-ethyl adjacent to an activating group) is 2. The first-order valence-corrected chi connectivity index (χ1v) is 7.63. The molecule has 11 nitrogen and oxygen atoms in total. The second-order valence-electron chi connectivity index (χ2n) is 5.59. The SMILES string of the molecule is CN(C)CC=CC(N)=O.CN(C)CC=CC(N)=O.O=C(O)C[C@H](O)C(=O)O. The van der Waals surface area contributed by atoms with Gasteiger partial charge in [-0.3, -0.25) is 14.4 Å². The molecule has 0 rings (SSSR count). The van der Waals surface area contributed by atoms with Crippen LogP contribution < -0.4 is 11.5 Å². The van der Waals surface area contributed by atoms with E-state index in [1.165, 1.54) is 12.2 Å². The highest BCUT2D eigenvalue weighted by Gasteiger charge is 2.16. The van der Waals surface area contributed by atoms with Crippen LogP contribution in [0.4, 0.5) is 0 Å². The fraction of sp³-hybridized carbons (Fsp3) is 0.500. The van der Waals surface area contributed by atoms with E-state index in [9.17, 15) is 19.2 Å². The molecular weight excluding hydrogens is 360 g/mol. The fourth-order valence-electron chi connectivity index (χ4n) is 1.01. The number of aliphatic carboxylic acids is 2. The van der Waals surface area contributed by atoms with E-state index in [1.54, 1.807) is 12.2 Å². The zero-order valence-corrected chi connectivity index (χ0v) is 16.0. The smallest absolute Gasteiger partial charge is 0.333 e. The highest BCUT2D eigenvalue weighted by molar-refractivity contribution is 5.86. The van der Waals surface area contributed by atoms with Gasteiger partial charge in [0.15, 0.2) is 6.10 Å². The normalized spacial score (nSPS) is 11.5. The number of carboxylic acid groups (broad SMARTS) is 2. The summed E-state index contributed by atoms with van der Waals surface area (Å²) in [6.45, 7) is 1.51. The molecular formula is C16H30N4O7. The van der Waals surface area contributed by atoms with Gasteiger partial charge >= 0.3 is 11.9 Å². The minimum absolute atomic E-state index is 0.392. The number of hydrogen-bond acceptors (Lipinski definition) is 7. The Labute approximate surface area is 158 Å². The standard InChI is InChI=1S/2C6H12N2O.C4H6O5/c2*1-8(2)5-3-4-6(7)9;5-2(4(8)9)1-3(6)7/h2*3-4H,5H2,1-2H3,(H2,7,9);2,5H,1H2,(H,6,7)(H,8,9)/t;;2-/m..0/s1. The molecule has 0 aliphatic rings. The van der Waals surface area contributed by atoms with Crippen LogP contribution in [0.15, 0.2) is 24.3 Å². The molecule has 0 bridgehead atoms. The van der Waals surface area contributed by atoms with Crippen LogP contribution in [0.2, 0.25) is 0 Å². The van der Waals surface area contributed by atoms with E-state index in [1.807, 2.05) is 38.0 Å². The van der Waals surface area contributed by atoms with Crippen LogP contribution in [0.25, 0.3) is 0 Å². The van der Waals surface area contributed by atoms with Crippen molar-refractivity contribution in [3.05, 3.63) is 24.3 Å². The van der Waals surface area contributed by atoms with E-state index < -0.39 is 36.3 Å². The minimum atomic E-state index is -1.79. The van der Waals surface area contributed by atoms with E-state index in [4.69, 9.17) is 26.8 Å². The van der Waals surface area contributed by atoms with Crippen molar-refractivity contribution in [3.8, 4) is 0 Å². The second-order valence-corrected chi connectivity index (χ2v) is 5.59. The highest BCUT2D eigenvalue weighted by atomic mass is 16.4. The van der Waals surface area contributed by atoms with Crippen molar-refractivity contribution in [1.29, 1.82) is 0 Å². The topological polar surface area (TPSA) is 187 Å². The van der Waals surface area contributed by atoms with Gasteiger partial charge in [-0.2, -0.15) is 0 Å². The average molecular weight is 390 g/mol. The Morgan fingerprint density at radius 2 is 1.19 bits per heavy atom. The van der Waals surface area contributed by atoms with Crippen molar-refractivity contribution in [2.24, 2.45) is 11.5 Å². The van der Waals surface area contributed by atoms with Crippen molar-refractivity contribution in [2.45, 2.75) is 12.5 Å². The fourth-order valence-corrected chi connectivity index (χ4v) is 1.01. The lowest BCUT2D eigenvalue weighted by Crippen LogP contribution is -2.22. The summed E-state index contributed by atoms with van der Waals surface area (Å²) < 4.78 is 0. The average Bonchev–Trinajstić information content (AvgIpc) is 2.46. The van der Waals surface area contributed by atoms with E-state index >= 15 is 0 Å². The molecule has 7 N–H and O–H groups in total. The molecule has 0 aromatic heterocycles. The largest absolute Gasteiger partial charge is 0.481 e. The predicted octanol–water partition coefficient (Wildman–Crippen LogP) is -1.91. The molecule has 0 heterocycles. The molecule has 0 fully saturated rings. The molecule has 0 unspecified atom stereocenters. The van der Waals surface area contributed by atoms with Gasteiger partial charge in [-0.25, -0.2) is 4.79 Å². The third kappa shape index (κ3) is 35.3. The lowest BCUT2D eigenvalue weighted by molar-refractivity contribution is -0.152. The lowest BCUT2D eigenvalue weighted by atomic mass is 10.3. The van der Waals surface area contributed by atoms with Gasteiger partial charge in [0.2, 0.25) is 11.8 Å². The molecule has 11 heteroatoms. The number of nitrogens with zero attached hydrogens (tertiary/aromatic N) is 2. The van der Waals surface area contributed by atoms with Crippen LogP contribution in [-0.4, -0.2) is 96.3 Å². The Morgan fingerprint density at radius 1 is 0.852 bits per heavy atom. The molecule has 0 radical (unpaired) electrons. The summed E-state index contributed by atoms with van der Waals surface area (Å²) in [4.78, 5) is 43.5. The van der Waals surface area contributed by atoms with Crippen LogP contribution >= 0.6 is 0 Å². The number of rotatable bonds is 9. The van der Waals surface area contributed by atoms with Gasteiger partial charge in [0.1, 0.15) is 0 Å². The molecule has 0 spiro atoms. The van der Waals surface area contributed by atoms with Gasteiger partial charge in [0.25, 0.3) is 0 Å². The number of carbonyl (C=O) groups excluding carboxylic acids is 2. The number of carbonyl (C=O) groups is 4. The molecule has 1 atom stereocenters. The molecule has 156 valence electrons. The minimum Gasteiger partial charge on any atom is -0.481 e. The summed E-state index contributed by atoms with van der Waals surface area (Å²) in [5.41, 5.74) is 9.67. The van der Waals surface area contributed by atoms with Crippen molar-refractivity contribution in [2.75, 3.05) is 41.3 Å². The van der Waals surface area contributed by atoms with E-state index in [2.05, 4.69) is 0 Å². The maximum Gasteiger partial charge on any atom is 0.333 e. The Morgan fingerprint density at radius 3 is 1.33 bits per heavy atom. The number of nitrogens with two attached hydrogens (primary N) is 2. The first kappa shape index (κ1) is 29.0. The van der Waals surface area contributed by atoms with Crippen molar-refractivity contribution in [3.63, 3.8) is 0 Å². The van der Waals surface area contributed by atoms with Gasteiger partial charge in [-0.15, -0.1) is 0 Å². The summed E-state index contributed by atoms with van der Waals surface area (Å²) in [5.74, 6) is -3.63. The van der Waals surface area contributed by atoms with E-state index in [0.717, 1.165) is 13.1 Å². The maximum atomic E-state index is 10.1. The Hall–Kier alpha value is -2.76. The summed E-state index contributed by atoms with van der Waals surface area (Å²) in [6.07, 6.45) is 3.63. The highest BCUT2D eigenvalue weighted by Crippen LogP contribution is 1.89. The van der Waals surface area contributed by atoms with Crippen LogP contribution in [-0.2, 0) is 19.2 Å². The molecule has 0 aliphatic carbocycles. The third-order valence-corrected chi connectivity index (χ3v) is 2.16. The number of aliphatic hydroxyl groups excluding tert-OH is 1. The predicted molar refractivity (Wildman–Crippen MR) is 99.7 cm³/mol. The third-order valence-electron chi connectivity index (χ3n) is 2.16. The van der Waals surface area contributed by atoms with Crippen LogP contribution in [0.5, 0.6) is 0 Å². The number of carboxylic acids is 2. The van der Waals surface area contributed by atoms with Gasteiger partial charge in [-0.1, -0.05) is 12.2 Å². The molecule has 0 aromatic carbocycles. The molecule has 0 aromatic rings. The number of amides is 2. The zero-order valence-electron chi connectivity index (χ0n) is 16.0. The summed E-state index contributed by atoms with van der Waals surface area (Å²) in [6, 6.07) is 0. The Kier molecular flexibility index (Phi) is 19.4. The van der Waals surface area contributed by atoms with Crippen LogP contribution in [0, 0.1) is 0 Å². The summed E-state index contributed by atoms with van der Waals surface area (Å²) in [5, 5.41) is 24.1. The quantitative estimate of drug-likeness (QED) is 0.280. The lowest BCUT2D eigenvalue weighted by Gasteiger charge is -2.02. The number of primary amides is 2. The Bertz CT molecular complexity index is 487. The summed E-state index contributed by atoms with van der Waals surface area (Å²) in [7, 11) is 7.69. The van der Waals surface area contributed by atoms with Gasteiger partial charge in [0.05, 0.1) is 6.42 Å². The molecule has 2 amide bonds. The molecule has 27 heavy (non-hydrogen) atoms.